The van der Waals surface area contributed by atoms with E-state index < -0.39 is 5.92 Å². The molecule has 3 rings (SSSR count). The van der Waals surface area contributed by atoms with Crippen molar-refractivity contribution < 1.29 is 14.3 Å². The maximum Gasteiger partial charge on any atom is 0.314 e. The lowest BCUT2D eigenvalue weighted by Gasteiger charge is -2.29. The summed E-state index contributed by atoms with van der Waals surface area (Å²) in [4.78, 5) is 26.9. The predicted molar refractivity (Wildman–Crippen MR) is 106 cm³/mol. The van der Waals surface area contributed by atoms with Gasteiger partial charge in [-0.3, -0.25) is 9.59 Å². The number of amides is 1. The van der Waals surface area contributed by atoms with E-state index in [1.807, 2.05) is 44.2 Å². The molecule has 27 heavy (non-hydrogen) atoms. The average molecular weight is 386 g/mol. The van der Waals surface area contributed by atoms with Gasteiger partial charge in [-0.25, -0.2) is 0 Å². The van der Waals surface area contributed by atoms with Crippen molar-refractivity contribution in [3.8, 4) is 0 Å². The largest absolute Gasteiger partial charge is 0.455 e. The first-order valence-corrected chi connectivity index (χ1v) is 9.60. The van der Waals surface area contributed by atoms with Crippen LogP contribution in [0.15, 0.2) is 48.5 Å². The summed E-state index contributed by atoms with van der Waals surface area (Å²) in [6.45, 7) is 4.92. The molecule has 1 atom stereocenters. The maximum absolute atomic E-state index is 12.6. The van der Waals surface area contributed by atoms with E-state index in [1.165, 1.54) is 5.56 Å². The van der Waals surface area contributed by atoms with Gasteiger partial charge in [0, 0.05) is 18.1 Å². The highest BCUT2D eigenvalue weighted by Gasteiger charge is 2.27. The van der Waals surface area contributed by atoms with Crippen molar-refractivity contribution in [3.05, 3.63) is 70.2 Å². The number of hydrogen-bond acceptors (Lipinski definition) is 3. The lowest BCUT2D eigenvalue weighted by atomic mass is 9.88. The molecule has 0 bridgehead atoms. The fourth-order valence-corrected chi connectivity index (χ4v) is 3.61. The molecule has 5 heteroatoms. The zero-order valence-electron chi connectivity index (χ0n) is 15.7. The van der Waals surface area contributed by atoms with Gasteiger partial charge in [-0.15, -0.1) is 0 Å². The van der Waals surface area contributed by atoms with Gasteiger partial charge in [-0.2, -0.15) is 0 Å². The first kappa shape index (κ1) is 19.4. The molecule has 0 aliphatic carbocycles. The van der Waals surface area contributed by atoms with Crippen LogP contribution in [0.4, 0.5) is 0 Å². The second-order valence-corrected chi connectivity index (χ2v) is 7.65. The number of esters is 1. The topological polar surface area (TPSA) is 46.6 Å². The van der Waals surface area contributed by atoms with E-state index in [0.717, 1.165) is 17.5 Å². The molecule has 0 unspecified atom stereocenters. The zero-order chi connectivity index (χ0) is 19.4. The van der Waals surface area contributed by atoms with Gasteiger partial charge < -0.3 is 9.64 Å². The number of rotatable bonds is 5. The second-order valence-electron chi connectivity index (χ2n) is 7.21. The van der Waals surface area contributed by atoms with Gasteiger partial charge >= 0.3 is 5.97 Å². The van der Waals surface area contributed by atoms with Crippen LogP contribution in [0.5, 0.6) is 0 Å². The Kier molecular flexibility index (Phi) is 6.17. The van der Waals surface area contributed by atoms with Crippen molar-refractivity contribution in [2.75, 3.05) is 13.2 Å². The van der Waals surface area contributed by atoms with Gasteiger partial charge in [0.05, 0.1) is 5.92 Å². The van der Waals surface area contributed by atoms with Crippen LogP contribution in [0.1, 0.15) is 36.5 Å². The first-order chi connectivity index (χ1) is 13.0. The summed E-state index contributed by atoms with van der Waals surface area (Å²) in [5, 5.41) is 0.621. The highest BCUT2D eigenvalue weighted by atomic mass is 35.5. The Bertz CT molecular complexity index is 817. The number of fused-ring (bicyclic) bond motifs is 1. The van der Waals surface area contributed by atoms with Crippen molar-refractivity contribution in [2.24, 2.45) is 5.92 Å². The third-order valence-corrected chi connectivity index (χ3v) is 5.22. The molecule has 2 aromatic carbocycles. The maximum atomic E-state index is 12.6. The first-order valence-electron chi connectivity index (χ1n) is 9.22. The monoisotopic (exact) mass is 385 g/mol. The summed E-state index contributed by atoms with van der Waals surface area (Å²) >= 11 is 5.93. The molecule has 0 radical (unpaired) electrons. The van der Waals surface area contributed by atoms with E-state index in [4.69, 9.17) is 16.3 Å². The standard InChI is InChI=1S/C22H24ClNO3/c1-15(2)21(17-7-9-19(23)10-8-17)22(26)27-14-20(25)24-12-11-16-5-3-4-6-18(16)13-24/h3-10,15,21H,11-14H2,1-2H3/t21-/m1/s1. The van der Waals surface area contributed by atoms with Crippen LogP contribution in [0.2, 0.25) is 5.02 Å². The van der Waals surface area contributed by atoms with Crippen molar-refractivity contribution in [1.82, 2.24) is 4.90 Å². The predicted octanol–water partition coefficient (Wildman–Crippen LogP) is 4.21. The van der Waals surface area contributed by atoms with Crippen molar-refractivity contribution in [3.63, 3.8) is 0 Å². The molecule has 0 saturated heterocycles. The third-order valence-electron chi connectivity index (χ3n) is 4.97. The number of nitrogens with zero attached hydrogens (tertiary/aromatic N) is 1. The minimum atomic E-state index is -0.419. The number of halogens is 1. The summed E-state index contributed by atoms with van der Waals surface area (Å²) < 4.78 is 5.39. The molecular formula is C22H24ClNO3. The number of benzene rings is 2. The Labute approximate surface area is 165 Å². The molecule has 0 spiro atoms. The van der Waals surface area contributed by atoms with Crippen LogP contribution >= 0.6 is 11.6 Å². The second kappa shape index (κ2) is 8.57. The molecule has 1 aliphatic heterocycles. The van der Waals surface area contributed by atoms with E-state index in [1.54, 1.807) is 17.0 Å². The van der Waals surface area contributed by atoms with Gasteiger partial charge in [0.1, 0.15) is 0 Å². The van der Waals surface area contributed by atoms with Gasteiger partial charge in [-0.05, 0) is 41.2 Å². The minimum Gasteiger partial charge on any atom is -0.455 e. The fourth-order valence-electron chi connectivity index (χ4n) is 3.49. The number of carbonyl (C=O) groups is 2. The number of hydrogen-bond donors (Lipinski definition) is 0. The van der Waals surface area contributed by atoms with Crippen LogP contribution in [-0.4, -0.2) is 29.9 Å². The fraction of sp³-hybridized carbons (Fsp3) is 0.364. The Morgan fingerprint density at radius 1 is 1.07 bits per heavy atom. The molecule has 1 aliphatic rings. The molecule has 0 fully saturated rings. The quantitative estimate of drug-likeness (QED) is 0.724. The number of ether oxygens (including phenoxy) is 1. The Morgan fingerprint density at radius 2 is 1.74 bits per heavy atom. The highest BCUT2D eigenvalue weighted by molar-refractivity contribution is 6.30. The van der Waals surface area contributed by atoms with Crippen molar-refractivity contribution >= 4 is 23.5 Å². The molecule has 1 amide bonds. The normalized spacial score (nSPS) is 14.6. The van der Waals surface area contributed by atoms with Crippen LogP contribution < -0.4 is 0 Å². The van der Waals surface area contributed by atoms with Crippen molar-refractivity contribution in [1.29, 1.82) is 0 Å². The van der Waals surface area contributed by atoms with E-state index in [-0.39, 0.29) is 24.4 Å². The van der Waals surface area contributed by atoms with Gasteiger partial charge in [0.15, 0.2) is 6.61 Å². The molecule has 2 aromatic rings. The lowest BCUT2D eigenvalue weighted by Crippen LogP contribution is -2.39. The minimum absolute atomic E-state index is 0.0515. The summed E-state index contributed by atoms with van der Waals surface area (Å²) in [5.74, 6) is -0.901. The highest BCUT2D eigenvalue weighted by Crippen LogP contribution is 2.27. The zero-order valence-corrected chi connectivity index (χ0v) is 16.4. The molecule has 1 heterocycles. The lowest BCUT2D eigenvalue weighted by molar-refractivity contribution is -0.154. The summed E-state index contributed by atoms with van der Waals surface area (Å²) in [5.41, 5.74) is 3.28. The molecule has 0 aromatic heterocycles. The summed E-state index contributed by atoms with van der Waals surface area (Å²) in [7, 11) is 0. The molecule has 4 nitrogen and oxygen atoms in total. The smallest absolute Gasteiger partial charge is 0.314 e. The van der Waals surface area contributed by atoms with Crippen LogP contribution in [-0.2, 0) is 27.3 Å². The van der Waals surface area contributed by atoms with E-state index in [0.29, 0.717) is 18.1 Å². The van der Waals surface area contributed by atoms with E-state index in [2.05, 4.69) is 6.07 Å². The van der Waals surface area contributed by atoms with E-state index in [9.17, 15) is 9.59 Å². The molecule has 0 N–H and O–H groups in total. The van der Waals surface area contributed by atoms with Crippen molar-refractivity contribution in [2.45, 2.75) is 32.7 Å². The number of carbonyl (C=O) groups excluding carboxylic acids is 2. The van der Waals surface area contributed by atoms with Crippen LogP contribution in [0.3, 0.4) is 0 Å². The van der Waals surface area contributed by atoms with E-state index >= 15 is 0 Å². The van der Waals surface area contributed by atoms with Crippen LogP contribution in [0.25, 0.3) is 0 Å². The van der Waals surface area contributed by atoms with Gasteiger partial charge in [0.25, 0.3) is 5.91 Å². The molecule has 142 valence electrons. The van der Waals surface area contributed by atoms with Crippen LogP contribution in [0, 0.1) is 5.92 Å². The molecular weight excluding hydrogens is 362 g/mol. The van der Waals surface area contributed by atoms with Gasteiger partial charge in [-0.1, -0.05) is 61.8 Å². The summed E-state index contributed by atoms with van der Waals surface area (Å²) in [6.07, 6.45) is 0.829. The third kappa shape index (κ3) is 4.69. The Morgan fingerprint density at radius 3 is 2.41 bits per heavy atom. The SMILES string of the molecule is CC(C)[C@@H](C(=O)OCC(=O)N1CCc2ccccc2C1)c1ccc(Cl)cc1. The Hall–Kier alpha value is -2.33. The Balaban J connectivity index is 1.60. The molecule has 0 saturated carbocycles. The van der Waals surface area contributed by atoms with Gasteiger partial charge in [0.2, 0.25) is 0 Å². The summed E-state index contributed by atoms with van der Waals surface area (Å²) in [6, 6.07) is 15.3. The average Bonchev–Trinajstić information content (AvgIpc) is 2.67.